The fourth-order valence-electron chi connectivity index (χ4n) is 1.68. The van der Waals surface area contributed by atoms with E-state index in [0.29, 0.717) is 0 Å². The second-order valence-electron chi connectivity index (χ2n) is 3.70. The minimum atomic E-state index is 0.250. The van der Waals surface area contributed by atoms with Gasteiger partial charge in [0.05, 0.1) is 0 Å². The fraction of sp³-hybridized carbons (Fsp3) is 1.00. The maximum absolute atomic E-state index is 7.57. The lowest BCUT2D eigenvalue weighted by Crippen LogP contribution is -2.44. The van der Waals surface area contributed by atoms with Gasteiger partial charge in [-0.3, -0.25) is 0 Å². The summed E-state index contributed by atoms with van der Waals surface area (Å²) in [6.07, 6.45) is 2.82. The third-order valence-corrected chi connectivity index (χ3v) is 2.55. The molecule has 0 spiro atoms. The molecule has 1 rings (SSSR count). The van der Waals surface area contributed by atoms with Crippen LogP contribution in [0.15, 0.2) is 0 Å². The molecular formula is C10H23NO. The Morgan fingerprint density at radius 2 is 1.92 bits per heavy atom. The van der Waals surface area contributed by atoms with Gasteiger partial charge in [-0.25, -0.2) is 0 Å². The van der Waals surface area contributed by atoms with E-state index in [9.17, 15) is 0 Å². The molecule has 0 aliphatic heterocycles. The first-order valence-corrected chi connectivity index (χ1v) is 4.95. The predicted octanol–water partition coefficient (Wildman–Crippen LogP) is 1.64. The van der Waals surface area contributed by atoms with Crippen LogP contribution in [0.1, 0.15) is 33.6 Å². The number of rotatable bonds is 2. The van der Waals surface area contributed by atoms with Gasteiger partial charge in [0, 0.05) is 12.6 Å². The van der Waals surface area contributed by atoms with E-state index in [1.165, 1.54) is 12.8 Å². The van der Waals surface area contributed by atoms with Gasteiger partial charge in [-0.15, -0.1) is 0 Å². The van der Waals surface area contributed by atoms with Crippen molar-refractivity contribution in [2.24, 2.45) is 11.8 Å². The Balaban J connectivity index is 0.000000354. The van der Waals surface area contributed by atoms with E-state index in [-0.39, 0.29) is 6.61 Å². The summed E-state index contributed by atoms with van der Waals surface area (Å²) in [5, 5.41) is 10.9. The quantitative estimate of drug-likeness (QED) is 0.665. The van der Waals surface area contributed by atoms with Crippen LogP contribution in [0.3, 0.4) is 0 Å². The normalized spacial score (nSPS) is 27.5. The number of aliphatic hydroxyl groups excluding tert-OH is 1. The molecule has 2 unspecified atom stereocenters. The first-order valence-electron chi connectivity index (χ1n) is 4.95. The molecule has 2 heteroatoms. The smallest absolute Gasteiger partial charge is 0.0402 e. The number of hydrogen-bond acceptors (Lipinski definition) is 2. The van der Waals surface area contributed by atoms with Gasteiger partial charge in [-0.1, -0.05) is 13.8 Å². The second kappa shape index (κ2) is 6.44. The Kier molecular flexibility index (Phi) is 6.39. The minimum absolute atomic E-state index is 0.250. The average molecular weight is 173 g/mol. The summed E-state index contributed by atoms with van der Waals surface area (Å²) in [5.74, 6) is 1.83. The molecule has 1 saturated carbocycles. The molecule has 1 aliphatic carbocycles. The Morgan fingerprint density at radius 3 is 2.00 bits per heavy atom. The molecule has 1 fully saturated rings. The fourth-order valence-corrected chi connectivity index (χ4v) is 1.68. The lowest BCUT2D eigenvalue weighted by atomic mass is 9.73. The maximum atomic E-state index is 7.57. The van der Waals surface area contributed by atoms with Crippen molar-refractivity contribution in [3.8, 4) is 0 Å². The zero-order valence-electron chi connectivity index (χ0n) is 8.80. The topological polar surface area (TPSA) is 32.3 Å². The van der Waals surface area contributed by atoms with Gasteiger partial charge < -0.3 is 10.4 Å². The van der Waals surface area contributed by atoms with E-state index in [1.54, 1.807) is 6.92 Å². The zero-order valence-corrected chi connectivity index (χ0v) is 8.80. The Labute approximate surface area is 76.4 Å². The van der Waals surface area contributed by atoms with Gasteiger partial charge in [0.25, 0.3) is 0 Å². The van der Waals surface area contributed by atoms with Crippen LogP contribution >= 0.6 is 0 Å². The van der Waals surface area contributed by atoms with E-state index in [1.807, 2.05) is 0 Å². The highest BCUT2D eigenvalue weighted by atomic mass is 16.2. The molecule has 2 nitrogen and oxygen atoms in total. The Hall–Kier alpha value is -0.0800. The molecule has 1 aliphatic rings. The van der Waals surface area contributed by atoms with Crippen molar-refractivity contribution in [3.05, 3.63) is 0 Å². The summed E-state index contributed by atoms with van der Waals surface area (Å²) >= 11 is 0. The van der Waals surface area contributed by atoms with Crippen molar-refractivity contribution in [1.29, 1.82) is 0 Å². The van der Waals surface area contributed by atoms with E-state index in [4.69, 9.17) is 5.11 Å². The summed E-state index contributed by atoms with van der Waals surface area (Å²) in [6.45, 7) is 6.56. The summed E-state index contributed by atoms with van der Waals surface area (Å²) in [5.41, 5.74) is 0. The molecule has 12 heavy (non-hydrogen) atoms. The lowest BCUT2D eigenvalue weighted by Gasteiger charge is -2.39. The van der Waals surface area contributed by atoms with Gasteiger partial charge >= 0.3 is 0 Å². The van der Waals surface area contributed by atoms with E-state index >= 15 is 0 Å². The van der Waals surface area contributed by atoms with Crippen molar-refractivity contribution >= 4 is 0 Å². The predicted molar refractivity (Wildman–Crippen MR) is 53.2 cm³/mol. The van der Waals surface area contributed by atoms with Crippen molar-refractivity contribution in [2.75, 3.05) is 13.7 Å². The lowest BCUT2D eigenvalue weighted by molar-refractivity contribution is 0.163. The molecule has 74 valence electrons. The van der Waals surface area contributed by atoms with Crippen LogP contribution in [0.2, 0.25) is 0 Å². The number of hydrogen-bond donors (Lipinski definition) is 2. The Bertz CT molecular complexity index is 102. The van der Waals surface area contributed by atoms with Gasteiger partial charge in [-0.2, -0.15) is 0 Å². The maximum Gasteiger partial charge on any atom is 0.0402 e. The van der Waals surface area contributed by atoms with E-state index < -0.39 is 0 Å². The largest absolute Gasteiger partial charge is 0.397 e. The highest BCUT2D eigenvalue weighted by Gasteiger charge is 2.31. The highest BCUT2D eigenvalue weighted by molar-refractivity contribution is 4.87. The van der Waals surface area contributed by atoms with Crippen LogP contribution < -0.4 is 5.32 Å². The standard InChI is InChI=1S/C8H17N.C2H6O/c1-6(2)7-4-5-8(7)9-3;1-2-3/h6-9H,4-5H2,1-3H3;3H,2H2,1H3. The molecule has 2 atom stereocenters. The molecule has 0 saturated heterocycles. The zero-order chi connectivity index (χ0) is 9.56. The first-order chi connectivity index (χ1) is 5.67. The molecule has 0 aromatic rings. The van der Waals surface area contributed by atoms with Crippen LogP contribution in [-0.4, -0.2) is 24.8 Å². The molecule has 0 amide bonds. The monoisotopic (exact) mass is 173 g/mol. The molecule has 0 bridgehead atoms. The molecule has 0 radical (unpaired) electrons. The molecule has 0 aromatic heterocycles. The van der Waals surface area contributed by atoms with E-state index in [0.717, 1.165) is 17.9 Å². The van der Waals surface area contributed by atoms with Crippen LogP contribution in [0.4, 0.5) is 0 Å². The summed E-state index contributed by atoms with van der Waals surface area (Å²) < 4.78 is 0. The highest BCUT2D eigenvalue weighted by Crippen LogP contribution is 2.33. The first kappa shape index (κ1) is 11.9. The summed E-state index contributed by atoms with van der Waals surface area (Å²) in [7, 11) is 2.07. The third kappa shape index (κ3) is 3.55. The van der Waals surface area contributed by atoms with Crippen LogP contribution in [0.5, 0.6) is 0 Å². The van der Waals surface area contributed by atoms with Gasteiger partial charge in [0.1, 0.15) is 0 Å². The minimum Gasteiger partial charge on any atom is -0.397 e. The number of aliphatic hydroxyl groups is 1. The van der Waals surface area contributed by atoms with Crippen molar-refractivity contribution in [1.82, 2.24) is 5.32 Å². The van der Waals surface area contributed by atoms with Crippen LogP contribution in [0.25, 0.3) is 0 Å². The SMILES string of the molecule is CCO.CNC1CCC1C(C)C. The van der Waals surface area contributed by atoms with Gasteiger partial charge in [0.2, 0.25) is 0 Å². The molecule has 0 aromatic carbocycles. The van der Waals surface area contributed by atoms with Gasteiger partial charge in [0.15, 0.2) is 0 Å². The Morgan fingerprint density at radius 1 is 1.42 bits per heavy atom. The van der Waals surface area contributed by atoms with Crippen molar-refractivity contribution in [3.63, 3.8) is 0 Å². The average Bonchev–Trinajstić information content (AvgIpc) is 1.85. The van der Waals surface area contributed by atoms with E-state index in [2.05, 4.69) is 26.2 Å². The summed E-state index contributed by atoms with van der Waals surface area (Å²) in [4.78, 5) is 0. The number of nitrogens with one attached hydrogen (secondary N) is 1. The molecule has 0 heterocycles. The van der Waals surface area contributed by atoms with Crippen LogP contribution in [-0.2, 0) is 0 Å². The second-order valence-corrected chi connectivity index (χ2v) is 3.70. The van der Waals surface area contributed by atoms with Crippen molar-refractivity contribution < 1.29 is 5.11 Å². The van der Waals surface area contributed by atoms with Crippen molar-refractivity contribution in [2.45, 2.75) is 39.7 Å². The van der Waals surface area contributed by atoms with Crippen LogP contribution in [0, 0.1) is 11.8 Å². The molecule has 2 N–H and O–H groups in total. The van der Waals surface area contributed by atoms with Gasteiger partial charge in [-0.05, 0) is 38.6 Å². The third-order valence-electron chi connectivity index (χ3n) is 2.55. The summed E-state index contributed by atoms with van der Waals surface area (Å²) in [6, 6.07) is 0.824. The molecular weight excluding hydrogens is 150 g/mol.